The van der Waals surface area contributed by atoms with Gasteiger partial charge in [-0.3, -0.25) is 0 Å². The molecule has 1 heterocycles. The molecule has 1 rings (SSSR count). The van der Waals surface area contributed by atoms with E-state index in [-0.39, 0.29) is 0 Å². The van der Waals surface area contributed by atoms with Crippen molar-refractivity contribution >= 4 is 5.78 Å². The summed E-state index contributed by atoms with van der Waals surface area (Å²) >= 11 is 0. The molecule has 2 heteroatoms. The van der Waals surface area contributed by atoms with Crippen LogP contribution in [0.3, 0.4) is 0 Å². The van der Waals surface area contributed by atoms with Crippen LogP contribution >= 0.6 is 0 Å². The standard InChI is InChI=1S/C12H23NO/c1-10(2)13-8-6-12(7-9-13)5-4-11(3)14/h10,12H,4-9H2,1-3H3. The second-order valence-corrected chi connectivity index (χ2v) is 4.81. The Balaban J connectivity index is 2.19. The lowest BCUT2D eigenvalue weighted by Crippen LogP contribution is -2.38. The highest BCUT2D eigenvalue weighted by molar-refractivity contribution is 5.75. The highest BCUT2D eigenvalue weighted by Gasteiger charge is 2.20. The number of rotatable bonds is 4. The minimum Gasteiger partial charge on any atom is -0.301 e. The lowest BCUT2D eigenvalue weighted by Gasteiger charge is -2.34. The van der Waals surface area contributed by atoms with Gasteiger partial charge in [-0.25, -0.2) is 0 Å². The quantitative estimate of drug-likeness (QED) is 0.690. The molecule has 0 spiro atoms. The number of hydrogen-bond donors (Lipinski definition) is 0. The molecule has 1 aliphatic heterocycles. The molecular formula is C12H23NO. The maximum Gasteiger partial charge on any atom is 0.129 e. The fourth-order valence-corrected chi connectivity index (χ4v) is 2.17. The van der Waals surface area contributed by atoms with Gasteiger partial charge in [0.1, 0.15) is 5.78 Å². The van der Waals surface area contributed by atoms with Crippen LogP contribution in [0.2, 0.25) is 0 Å². The maximum atomic E-state index is 10.8. The van der Waals surface area contributed by atoms with Crippen LogP contribution in [0.1, 0.15) is 46.5 Å². The lowest BCUT2D eigenvalue weighted by atomic mass is 9.91. The Morgan fingerprint density at radius 2 is 1.93 bits per heavy atom. The summed E-state index contributed by atoms with van der Waals surface area (Å²) in [6, 6.07) is 0.684. The first-order valence-corrected chi connectivity index (χ1v) is 5.83. The van der Waals surface area contributed by atoms with E-state index in [0.29, 0.717) is 11.8 Å². The van der Waals surface area contributed by atoms with Crippen molar-refractivity contribution in [2.24, 2.45) is 5.92 Å². The first kappa shape index (κ1) is 11.7. The molecule has 0 amide bonds. The Kier molecular flexibility index (Phi) is 4.59. The number of hydrogen-bond acceptors (Lipinski definition) is 2. The van der Waals surface area contributed by atoms with E-state index in [0.717, 1.165) is 18.8 Å². The Morgan fingerprint density at radius 1 is 1.36 bits per heavy atom. The molecule has 0 aromatic heterocycles. The van der Waals surface area contributed by atoms with Crippen LogP contribution < -0.4 is 0 Å². The number of Topliss-reactive ketones (excluding diaryl/α,β-unsaturated/α-hetero) is 1. The third-order valence-electron chi connectivity index (χ3n) is 3.28. The normalized spacial score (nSPS) is 20.3. The van der Waals surface area contributed by atoms with E-state index in [1.54, 1.807) is 6.92 Å². The van der Waals surface area contributed by atoms with Crippen LogP contribution in [0.5, 0.6) is 0 Å². The highest BCUT2D eigenvalue weighted by Crippen LogP contribution is 2.22. The first-order valence-electron chi connectivity index (χ1n) is 5.83. The Labute approximate surface area is 87.7 Å². The summed E-state index contributed by atoms with van der Waals surface area (Å²) in [7, 11) is 0. The average Bonchev–Trinajstić information content (AvgIpc) is 2.15. The molecule has 0 bridgehead atoms. The largest absolute Gasteiger partial charge is 0.301 e. The topological polar surface area (TPSA) is 20.3 Å². The van der Waals surface area contributed by atoms with Crippen molar-refractivity contribution in [3.8, 4) is 0 Å². The molecule has 0 saturated carbocycles. The van der Waals surface area contributed by atoms with E-state index < -0.39 is 0 Å². The summed E-state index contributed by atoms with van der Waals surface area (Å²) in [5, 5.41) is 0. The van der Waals surface area contributed by atoms with Crippen LogP contribution in [0.4, 0.5) is 0 Å². The van der Waals surface area contributed by atoms with Gasteiger partial charge in [0, 0.05) is 12.5 Å². The van der Waals surface area contributed by atoms with E-state index in [1.807, 2.05) is 0 Å². The zero-order valence-corrected chi connectivity index (χ0v) is 9.75. The summed E-state index contributed by atoms with van der Waals surface area (Å²) in [6.45, 7) is 8.66. The molecule has 82 valence electrons. The number of likely N-dealkylation sites (tertiary alicyclic amines) is 1. The molecule has 0 unspecified atom stereocenters. The van der Waals surface area contributed by atoms with Gasteiger partial charge < -0.3 is 9.69 Å². The molecule has 14 heavy (non-hydrogen) atoms. The molecule has 1 aliphatic rings. The molecule has 0 aliphatic carbocycles. The van der Waals surface area contributed by atoms with Gasteiger partial charge in [0.05, 0.1) is 0 Å². The molecular weight excluding hydrogens is 174 g/mol. The average molecular weight is 197 g/mol. The van der Waals surface area contributed by atoms with Crippen LogP contribution in [0, 0.1) is 5.92 Å². The van der Waals surface area contributed by atoms with Gasteiger partial charge in [-0.15, -0.1) is 0 Å². The van der Waals surface area contributed by atoms with Gasteiger partial charge >= 0.3 is 0 Å². The predicted octanol–water partition coefficient (Wildman–Crippen LogP) is 2.48. The fourth-order valence-electron chi connectivity index (χ4n) is 2.17. The summed E-state index contributed by atoms with van der Waals surface area (Å²) in [5.74, 6) is 1.14. The summed E-state index contributed by atoms with van der Waals surface area (Å²) in [4.78, 5) is 13.4. The second-order valence-electron chi connectivity index (χ2n) is 4.81. The monoisotopic (exact) mass is 197 g/mol. The van der Waals surface area contributed by atoms with Crippen LogP contribution in [0.15, 0.2) is 0 Å². The van der Waals surface area contributed by atoms with E-state index in [9.17, 15) is 4.79 Å². The van der Waals surface area contributed by atoms with Gasteiger partial charge in [-0.05, 0) is 59.0 Å². The van der Waals surface area contributed by atoms with Crippen molar-refractivity contribution in [1.29, 1.82) is 0 Å². The summed E-state index contributed by atoms with van der Waals surface area (Å²) < 4.78 is 0. The van der Waals surface area contributed by atoms with Gasteiger partial charge in [-0.2, -0.15) is 0 Å². The molecule has 0 aromatic rings. The van der Waals surface area contributed by atoms with Crippen molar-refractivity contribution < 1.29 is 4.79 Å². The number of carbonyl (C=O) groups is 1. The van der Waals surface area contributed by atoms with E-state index >= 15 is 0 Å². The Hall–Kier alpha value is -0.370. The minimum atomic E-state index is 0.344. The number of piperidine rings is 1. The van der Waals surface area contributed by atoms with Crippen molar-refractivity contribution in [2.75, 3.05) is 13.1 Å². The molecule has 0 aromatic carbocycles. The van der Waals surface area contributed by atoms with Gasteiger partial charge in [-0.1, -0.05) is 0 Å². The molecule has 1 fully saturated rings. The predicted molar refractivity (Wildman–Crippen MR) is 59.3 cm³/mol. The summed E-state index contributed by atoms with van der Waals surface area (Å²) in [5.41, 5.74) is 0. The van der Waals surface area contributed by atoms with Crippen LogP contribution in [0.25, 0.3) is 0 Å². The van der Waals surface area contributed by atoms with Gasteiger partial charge in [0.2, 0.25) is 0 Å². The number of ketones is 1. The third kappa shape index (κ3) is 3.79. The molecule has 0 N–H and O–H groups in total. The van der Waals surface area contributed by atoms with Crippen molar-refractivity contribution in [2.45, 2.75) is 52.5 Å². The smallest absolute Gasteiger partial charge is 0.129 e. The zero-order valence-electron chi connectivity index (χ0n) is 9.75. The number of nitrogens with zero attached hydrogens (tertiary/aromatic N) is 1. The van der Waals surface area contributed by atoms with Gasteiger partial charge in [0.25, 0.3) is 0 Å². The van der Waals surface area contributed by atoms with E-state index in [4.69, 9.17) is 0 Å². The molecule has 2 nitrogen and oxygen atoms in total. The van der Waals surface area contributed by atoms with Gasteiger partial charge in [0.15, 0.2) is 0 Å². The number of carbonyl (C=O) groups excluding carboxylic acids is 1. The van der Waals surface area contributed by atoms with E-state index in [2.05, 4.69) is 18.7 Å². The molecule has 1 saturated heterocycles. The lowest BCUT2D eigenvalue weighted by molar-refractivity contribution is -0.117. The van der Waals surface area contributed by atoms with Crippen molar-refractivity contribution in [3.63, 3.8) is 0 Å². The fraction of sp³-hybridized carbons (Fsp3) is 0.917. The third-order valence-corrected chi connectivity index (χ3v) is 3.28. The zero-order chi connectivity index (χ0) is 10.6. The molecule has 0 atom stereocenters. The Bertz CT molecular complexity index is 181. The molecule has 0 radical (unpaired) electrons. The SMILES string of the molecule is CC(=O)CCC1CCN(C(C)C)CC1. The minimum absolute atomic E-state index is 0.344. The maximum absolute atomic E-state index is 10.8. The van der Waals surface area contributed by atoms with Crippen molar-refractivity contribution in [3.05, 3.63) is 0 Å². The van der Waals surface area contributed by atoms with Crippen molar-refractivity contribution in [1.82, 2.24) is 4.90 Å². The highest BCUT2D eigenvalue weighted by atomic mass is 16.1. The summed E-state index contributed by atoms with van der Waals surface area (Å²) in [6.07, 6.45) is 4.46. The Morgan fingerprint density at radius 3 is 2.36 bits per heavy atom. The second kappa shape index (κ2) is 5.50. The first-order chi connectivity index (χ1) is 6.59. The van der Waals surface area contributed by atoms with E-state index in [1.165, 1.54) is 25.9 Å². The van der Waals surface area contributed by atoms with Crippen LogP contribution in [-0.2, 0) is 4.79 Å². The van der Waals surface area contributed by atoms with Crippen LogP contribution in [-0.4, -0.2) is 29.8 Å².